The third-order valence-electron chi connectivity index (χ3n) is 14.0. The van der Waals surface area contributed by atoms with Gasteiger partial charge in [-0.1, -0.05) is 175 Å². The number of allylic oxidation sites excluding steroid dienone is 2. The van der Waals surface area contributed by atoms with Crippen molar-refractivity contribution in [3.05, 3.63) is 220 Å². The van der Waals surface area contributed by atoms with Crippen LogP contribution in [0.25, 0.3) is 56.3 Å². The van der Waals surface area contributed by atoms with Crippen molar-refractivity contribution in [3.8, 4) is 22.3 Å². The summed E-state index contributed by atoms with van der Waals surface area (Å²) in [5.41, 5.74) is 22.4. The number of fused-ring (bicyclic) bond motifs is 8. The minimum absolute atomic E-state index is 0.00690. The highest BCUT2D eigenvalue weighted by Gasteiger charge is 2.49. The van der Waals surface area contributed by atoms with Crippen LogP contribution < -0.4 is 4.90 Å². The molecule has 0 aliphatic heterocycles. The Labute approximate surface area is 355 Å². The second-order valence-corrected chi connectivity index (χ2v) is 18.6. The highest BCUT2D eigenvalue weighted by molar-refractivity contribution is 6.09. The number of hydrogen-bond acceptors (Lipinski definition) is 1. The quantitative estimate of drug-likeness (QED) is 0.152. The monoisotopic (exact) mass is 771 g/mol. The van der Waals surface area contributed by atoms with E-state index in [0.717, 1.165) is 11.4 Å². The van der Waals surface area contributed by atoms with Crippen LogP contribution in [0.5, 0.6) is 0 Å². The average Bonchev–Trinajstić information content (AvgIpc) is 3.77. The van der Waals surface area contributed by atoms with Gasteiger partial charge >= 0.3 is 0 Å². The van der Waals surface area contributed by atoms with Crippen molar-refractivity contribution in [3.63, 3.8) is 0 Å². The van der Waals surface area contributed by atoms with E-state index in [0.29, 0.717) is 0 Å². The first kappa shape index (κ1) is 36.4. The summed E-state index contributed by atoms with van der Waals surface area (Å²) in [6.45, 7) is 14.3. The molecule has 0 bridgehead atoms. The molecule has 0 saturated carbocycles. The molecule has 0 unspecified atom stereocenters. The van der Waals surface area contributed by atoms with Gasteiger partial charge in [0.05, 0.1) is 0 Å². The van der Waals surface area contributed by atoms with E-state index < -0.39 is 0 Å². The Kier molecular flexibility index (Phi) is 7.98. The molecule has 0 aromatic heterocycles. The number of para-hydroxylation sites is 1. The van der Waals surface area contributed by atoms with Crippen LogP contribution in [0.15, 0.2) is 176 Å². The molecule has 8 aromatic carbocycles. The van der Waals surface area contributed by atoms with Crippen molar-refractivity contribution in [2.45, 2.75) is 57.8 Å². The predicted molar refractivity (Wildman–Crippen MR) is 256 cm³/mol. The lowest BCUT2D eigenvalue weighted by molar-refractivity contribution is 0.660. The van der Waals surface area contributed by atoms with Crippen LogP contribution >= 0.6 is 0 Å². The van der Waals surface area contributed by atoms with E-state index >= 15 is 0 Å². The number of hydrogen-bond donors (Lipinski definition) is 0. The van der Waals surface area contributed by atoms with E-state index in [2.05, 4.69) is 235 Å². The fourth-order valence-electron chi connectivity index (χ4n) is 10.9. The van der Waals surface area contributed by atoms with Crippen molar-refractivity contribution < 1.29 is 0 Å². The third-order valence-corrected chi connectivity index (χ3v) is 14.0. The smallest absolute Gasteiger partial charge is 0.0465 e. The van der Waals surface area contributed by atoms with Gasteiger partial charge in [-0.15, -0.1) is 0 Å². The van der Waals surface area contributed by atoms with Gasteiger partial charge in [-0.25, -0.2) is 0 Å². The van der Waals surface area contributed by atoms with E-state index in [-0.39, 0.29) is 16.2 Å². The summed E-state index contributed by atoms with van der Waals surface area (Å²) < 4.78 is 0. The summed E-state index contributed by atoms with van der Waals surface area (Å²) >= 11 is 0. The van der Waals surface area contributed by atoms with Crippen LogP contribution in [0.4, 0.5) is 17.1 Å². The maximum atomic E-state index is 2.46. The second kappa shape index (κ2) is 13.2. The van der Waals surface area contributed by atoms with Crippen LogP contribution in [-0.4, -0.2) is 0 Å². The zero-order chi connectivity index (χ0) is 41.0. The van der Waals surface area contributed by atoms with E-state index in [9.17, 15) is 0 Å². The van der Waals surface area contributed by atoms with E-state index in [4.69, 9.17) is 0 Å². The van der Waals surface area contributed by atoms with Crippen LogP contribution in [0.1, 0.15) is 86.1 Å². The molecule has 8 aromatic rings. The van der Waals surface area contributed by atoms with Gasteiger partial charge in [-0.2, -0.15) is 0 Å². The topological polar surface area (TPSA) is 3.24 Å². The minimum atomic E-state index is -0.0619. The largest absolute Gasteiger partial charge is 0.310 e. The molecule has 1 nitrogen and oxygen atoms in total. The standard InChI is InChI=1S/C59H49N/c1-57(2)51-18-12-10-16-47(51)48-33-31-46(37-54(48)57)60(44-14-8-7-9-15-44)45-29-23-38(24-30-45)20-21-39-22-25-41-35-42(27-26-40(41)34-39)43-28-32-50-53(36-43)59(5,6)55-49-17-11-13-19-52(49)58(3,4)56(50)55/h7-37H,1-6H3. The highest BCUT2D eigenvalue weighted by Crippen LogP contribution is 2.62. The zero-order valence-electron chi connectivity index (χ0n) is 35.3. The van der Waals surface area contributed by atoms with Crippen molar-refractivity contribution >= 4 is 51.1 Å². The minimum Gasteiger partial charge on any atom is -0.310 e. The number of benzene rings is 8. The molecule has 0 spiro atoms. The van der Waals surface area contributed by atoms with Gasteiger partial charge in [0.25, 0.3) is 0 Å². The number of anilines is 3. The summed E-state index contributed by atoms with van der Waals surface area (Å²) in [6, 6.07) is 65.4. The maximum absolute atomic E-state index is 2.46. The number of rotatable bonds is 6. The van der Waals surface area contributed by atoms with E-state index in [1.807, 2.05) is 0 Å². The summed E-state index contributed by atoms with van der Waals surface area (Å²) in [7, 11) is 0. The lowest BCUT2D eigenvalue weighted by Crippen LogP contribution is -2.19. The molecule has 0 heterocycles. The number of nitrogens with zero attached hydrogens (tertiary/aromatic N) is 1. The Morgan fingerprint density at radius 2 is 0.817 bits per heavy atom. The summed E-state index contributed by atoms with van der Waals surface area (Å²) in [5.74, 6) is 0. The van der Waals surface area contributed by atoms with Crippen molar-refractivity contribution in [2.24, 2.45) is 0 Å². The fraction of sp³-hybridized carbons (Fsp3) is 0.153. The Balaban J connectivity index is 0.849. The Morgan fingerprint density at radius 1 is 0.333 bits per heavy atom. The Morgan fingerprint density at radius 3 is 1.58 bits per heavy atom. The molecule has 1 heteroatoms. The van der Waals surface area contributed by atoms with Crippen LogP contribution in [0.2, 0.25) is 0 Å². The lowest BCUT2D eigenvalue weighted by Gasteiger charge is -2.28. The molecule has 11 rings (SSSR count). The first-order valence-corrected chi connectivity index (χ1v) is 21.4. The summed E-state index contributed by atoms with van der Waals surface area (Å²) in [6.07, 6.45) is 4.45. The van der Waals surface area contributed by atoms with E-state index in [1.54, 1.807) is 0 Å². The van der Waals surface area contributed by atoms with Crippen LogP contribution in [0.3, 0.4) is 0 Å². The molecule has 3 aliphatic carbocycles. The van der Waals surface area contributed by atoms with Crippen molar-refractivity contribution in [1.29, 1.82) is 0 Å². The maximum Gasteiger partial charge on any atom is 0.0465 e. The molecule has 60 heavy (non-hydrogen) atoms. The van der Waals surface area contributed by atoms with Crippen molar-refractivity contribution in [1.82, 2.24) is 0 Å². The normalized spacial score (nSPS) is 16.1. The van der Waals surface area contributed by atoms with Gasteiger partial charge < -0.3 is 4.90 Å². The second-order valence-electron chi connectivity index (χ2n) is 18.6. The molecule has 0 radical (unpaired) electrons. The van der Waals surface area contributed by atoms with Gasteiger partial charge in [0.1, 0.15) is 0 Å². The van der Waals surface area contributed by atoms with Gasteiger partial charge in [0.15, 0.2) is 0 Å². The van der Waals surface area contributed by atoms with Crippen LogP contribution in [0, 0.1) is 0 Å². The summed E-state index contributed by atoms with van der Waals surface area (Å²) in [4.78, 5) is 2.37. The Hall–Kier alpha value is -6.70. The highest BCUT2D eigenvalue weighted by atomic mass is 15.1. The SMILES string of the molecule is CC1(C)C2=C(c3ccccc31)C(C)(C)c1cc(-c3ccc4cc(C=Cc5ccc(N(c6ccccc6)c6ccc7c(c6)C(C)(C)c6ccccc6-7)cc5)ccc4c3)ccc12. The van der Waals surface area contributed by atoms with Gasteiger partial charge in [-0.3, -0.25) is 0 Å². The first-order chi connectivity index (χ1) is 29.0. The molecular weight excluding hydrogens is 723 g/mol. The molecule has 0 N–H and O–H groups in total. The Bertz CT molecular complexity index is 3100. The predicted octanol–water partition coefficient (Wildman–Crippen LogP) is 15.9. The molecule has 0 atom stereocenters. The fourth-order valence-corrected chi connectivity index (χ4v) is 10.9. The van der Waals surface area contributed by atoms with Gasteiger partial charge in [0, 0.05) is 33.3 Å². The molecule has 290 valence electrons. The molecule has 3 aliphatic rings. The molecular formula is C59H49N. The molecule has 0 amide bonds. The molecule has 0 fully saturated rings. The van der Waals surface area contributed by atoms with Crippen LogP contribution in [-0.2, 0) is 16.2 Å². The lowest BCUT2D eigenvalue weighted by atomic mass is 9.75. The zero-order valence-corrected chi connectivity index (χ0v) is 35.3. The first-order valence-electron chi connectivity index (χ1n) is 21.4. The van der Waals surface area contributed by atoms with E-state index in [1.165, 1.54) is 94.4 Å². The van der Waals surface area contributed by atoms with Gasteiger partial charge in [0.2, 0.25) is 0 Å². The van der Waals surface area contributed by atoms with Crippen molar-refractivity contribution in [2.75, 3.05) is 4.90 Å². The average molecular weight is 772 g/mol. The molecule has 0 saturated heterocycles. The van der Waals surface area contributed by atoms with Gasteiger partial charge in [-0.05, 0) is 143 Å². The third kappa shape index (κ3) is 5.45. The summed E-state index contributed by atoms with van der Waals surface area (Å²) in [5, 5.41) is 2.50.